The molecule has 1 saturated heterocycles. The highest BCUT2D eigenvalue weighted by molar-refractivity contribution is 5.98. The fourth-order valence-corrected chi connectivity index (χ4v) is 3.03. The molecular weight excluding hydrogens is 330 g/mol. The Kier molecular flexibility index (Phi) is 5.16. The van der Waals surface area contributed by atoms with E-state index in [1.54, 1.807) is 15.9 Å². The van der Waals surface area contributed by atoms with Crippen molar-refractivity contribution in [1.29, 1.82) is 0 Å². The fraction of sp³-hybridized carbons (Fsp3) is 0.412. The number of benzene rings is 1. The van der Waals surface area contributed by atoms with Crippen LogP contribution in [0.5, 0.6) is 0 Å². The Balaban J connectivity index is 1.56. The van der Waals surface area contributed by atoms with Crippen molar-refractivity contribution in [2.24, 2.45) is 0 Å². The van der Waals surface area contributed by atoms with E-state index in [0.29, 0.717) is 19.2 Å². The van der Waals surface area contributed by atoms with Gasteiger partial charge in [0.2, 0.25) is 5.91 Å². The first-order valence-corrected chi connectivity index (χ1v) is 8.14. The second kappa shape index (κ2) is 7.50. The predicted molar refractivity (Wildman–Crippen MR) is 84.8 cm³/mol. The number of likely N-dealkylation sites (tertiary alicyclic amines) is 1. The maximum atomic E-state index is 13.6. The van der Waals surface area contributed by atoms with E-state index in [0.717, 1.165) is 25.0 Å². The van der Waals surface area contributed by atoms with Gasteiger partial charge >= 0.3 is 0 Å². The number of carbonyl (C=O) groups excluding carboxylic acids is 2. The number of hydrogen-bond donors (Lipinski definition) is 0. The molecule has 0 bridgehead atoms. The Morgan fingerprint density at radius 2 is 2.08 bits per heavy atom. The van der Waals surface area contributed by atoms with Gasteiger partial charge in [-0.2, -0.15) is 5.10 Å². The van der Waals surface area contributed by atoms with Crippen molar-refractivity contribution >= 4 is 11.7 Å². The number of aromatic nitrogens is 3. The van der Waals surface area contributed by atoms with E-state index in [1.807, 2.05) is 0 Å². The molecule has 1 aromatic carbocycles. The molecule has 2 heterocycles. The number of ketones is 1. The van der Waals surface area contributed by atoms with E-state index in [1.165, 1.54) is 6.33 Å². The number of nitrogens with zero attached hydrogens (tertiary/aromatic N) is 4. The van der Waals surface area contributed by atoms with Crippen LogP contribution in [0.15, 0.2) is 30.9 Å². The molecule has 1 aliphatic rings. The molecule has 8 heteroatoms. The molecule has 25 heavy (non-hydrogen) atoms. The summed E-state index contributed by atoms with van der Waals surface area (Å²) in [4.78, 5) is 30.0. The molecule has 1 aromatic heterocycles. The van der Waals surface area contributed by atoms with Crippen molar-refractivity contribution < 1.29 is 18.4 Å². The highest BCUT2D eigenvalue weighted by atomic mass is 19.1. The van der Waals surface area contributed by atoms with Crippen LogP contribution in [0.3, 0.4) is 0 Å². The molecule has 132 valence electrons. The maximum Gasteiger partial charge on any atom is 0.223 e. The molecule has 0 radical (unpaired) electrons. The largest absolute Gasteiger partial charge is 0.341 e. The van der Waals surface area contributed by atoms with Crippen LogP contribution in [0, 0.1) is 11.6 Å². The van der Waals surface area contributed by atoms with Crippen molar-refractivity contribution in [2.45, 2.75) is 31.7 Å². The summed E-state index contributed by atoms with van der Waals surface area (Å²) in [6.45, 7) is 1.14. The number of carbonyl (C=O) groups is 2. The summed E-state index contributed by atoms with van der Waals surface area (Å²) in [6, 6.07) is 2.89. The summed E-state index contributed by atoms with van der Waals surface area (Å²) in [5.41, 5.74) is -0.187. The van der Waals surface area contributed by atoms with Crippen LogP contribution < -0.4 is 0 Å². The zero-order valence-corrected chi connectivity index (χ0v) is 13.6. The SMILES string of the molecule is O=C(CCC(=O)N1CCC[C@@H](n2cncn2)C1)c1ccc(F)cc1F. The molecule has 1 fully saturated rings. The summed E-state index contributed by atoms with van der Waals surface area (Å²) < 4.78 is 28.2. The number of piperidine rings is 1. The van der Waals surface area contributed by atoms with Crippen LogP contribution >= 0.6 is 0 Å². The Labute approximate surface area is 143 Å². The molecule has 0 unspecified atom stereocenters. The Morgan fingerprint density at radius 3 is 2.80 bits per heavy atom. The lowest BCUT2D eigenvalue weighted by molar-refractivity contribution is -0.132. The first-order valence-electron chi connectivity index (χ1n) is 8.14. The second-order valence-corrected chi connectivity index (χ2v) is 6.06. The van der Waals surface area contributed by atoms with E-state index in [2.05, 4.69) is 10.1 Å². The molecule has 1 amide bonds. The van der Waals surface area contributed by atoms with Crippen molar-refractivity contribution in [3.63, 3.8) is 0 Å². The minimum atomic E-state index is -0.901. The third kappa shape index (κ3) is 4.07. The average Bonchev–Trinajstić information content (AvgIpc) is 3.14. The molecule has 6 nitrogen and oxygen atoms in total. The van der Waals surface area contributed by atoms with Crippen LogP contribution in [0.2, 0.25) is 0 Å². The molecule has 2 aromatic rings. The summed E-state index contributed by atoms with van der Waals surface area (Å²) in [7, 11) is 0. The molecule has 3 rings (SSSR count). The highest BCUT2D eigenvalue weighted by Crippen LogP contribution is 2.21. The van der Waals surface area contributed by atoms with Crippen molar-refractivity contribution in [3.8, 4) is 0 Å². The van der Waals surface area contributed by atoms with Gasteiger partial charge in [0, 0.05) is 32.0 Å². The van der Waals surface area contributed by atoms with Gasteiger partial charge in [0.25, 0.3) is 0 Å². The van der Waals surface area contributed by atoms with E-state index < -0.39 is 17.4 Å². The second-order valence-electron chi connectivity index (χ2n) is 6.06. The topological polar surface area (TPSA) is 68.1 Å². The van der Waals surface area contributed by atoms with Crippen LogP contribution in [0.4, 0.5) is 8.78 Å². The number of amides is 1. The minimum absolute atomic E-state index is 0.000271. The Bertz CT molecular complexity index is 764. The molecule has 1 aliphatic heterocycles. The Hall–Kier alpha value is -2.64. The standard InChI is InChI=1S/C17H18F2N4O2/c18-12-3-4-14(15(19)8-12)16(24)5-6-17(25)22-7-1-2-13(9-22)23-11-20-10-21-23/h3-4,8,10-11,13H,1-2,5-7,9H2/t13-/m1/s1. The fourth-order valence-electron chi connectivity index (χ4n) is 3.03. The summed E-state index contributed by atoms with van der Waals surface area (Å²) >= 11 is 0. The van der Waals surface area contributed by atoms with Crippen molar-refractivity contribution in [3.05, 3.63) is 48.1 Å². The lowest BCUT2D eigenvalue weighted by Gasteiger charge is -2.32. The van der Waals surface area contributed by atoms with Gasteiger partial charge in [-0.05, 0) is 25.0 Å². The van der Waals surface area contributed by atoms with Gasteiger partial charge in [0.15, 0.2) is 5.78 Å². The number of rotatable bonds is 5. The molecule has 1 atom stereocenters. The summed E-state index contributed by atoms with van der Waals surface area (Å²) in [6.07, 6.45) is 4.73. The first kappa shape index (κ1) is 17.2. The van der Waals surface area contributed by atoms with E-state index in [9.17, 15) is 18.4 Å². The van der Waals surface area contributed by atoms with Gasteiger partial charge in [-0.1, -0.05) is 0 Å². The number of hydrogen-bond acceptors (Lipinski definition) is 4. The van der Waals surface area contributed by atoms with E-state index in [-0.39, 0.29) is 30.4 Å². The van der Waals surface area contributed by atoms with Crippen LogP contribution in [-0.2, 0) is 4.79 Å². The molecular formula is C17H18F2N4O2. The van der Waals surface area contributed by atoms with Crippen LogP contribution in [0.25, 0.3) is 0 Å². The normalized spacial score (nSPS) is 17.5. The van der Waals surface area contributed by atoms with Crippen molar-refractivity contribution in [1.82, 2.24) is 19.7 Å². The van der Waals surface area contributed by atoms with Gasteiger partial charge in [0.05, 0.1) is 11.6 Å². The first-order chi connectivity index (χ1) is 12.0. The molecule has 0 aliphatic carbocycles. The molecule has 0 N–H and O–H groups in total. The molecule has 0 spiro atoms. The predicted octanol–water partition coefficient (Wildman–Crippen LogP) is 2.38. The summed E-state index contributed by atoms with van der Waals surface area (Å²) in [5, 5.41) is 4.11. The Morgan fingerprint density at radius 1 is 1.24 bits per heavy atom. The summed E-state index contributed by atoms with van der Waals surface area (Å²) in [5.74, 6) is -2.30. The van der Waals surface area contributed by atoms with Gasteiger partial charge in [0.1, 0.15) is 24.3 Å². The monoisotopic (exact) mass is 348 g/mol. The van der Waals surface area contributed by atoms with Crippen LogP contribution in [-0.4, -0.2) is 44.4 Å². The number of halogens is 2. The van der Waals surface area contributed by atoms with E-state index >= 15 is 0 Å². The lowest BCUT2D eigenvalue weighted by Crippen LogP contribution is -2.40. The third-order valence-corrected chi connectivity index (χ3v) is 4.36. The van der Waals surface area contributed by atoms with Gasteiger partial charge in [-0.15, -0.1) is 0 Å². The third-order valence-electron chi connectivity index (χ3n) is 4.36. The quantitative estimate of drug-likeness (QED) is 0.778. The van der Waals surface area contributed by atoms with Crippen LogP contribution in [0.1, 0.15) is 42.1 Å². The molecule has 0 saturated carbocycles. The maximum absolute atomic E-state index is 13.6. The van der Waals surface area contributed by atoms with Gasteiger partial charge < -0.3 is 4.90 Å². The highest BCUT2D eigenvalue weighted by Gasteiger charge is 2.25. The average molecular weight is 348 g/mol. The zero-order valence-electron chi connectivity index (χ0n) is 13.6. The van der Waals surface area contributed by atoms with Gasteiger partial charge in [-0.3, -0.25) is 9.59 Å². The minimum Gasteiger partial charge on any atom is -0.341 e. The van der Waals surface area contributed by atoms with E-state index in [4.69, 9.17) is 0 Å². The van der Waals surface area contributed by atoms with Gasteiger partial charge in [-0.25, -0.2) is 18.4 Å². The zero-order chi connectivity index (χ0) is 17.8. The number of Topliss-reactive ketones (excluding diaryl/α,β-unsaturated/α-hetero) is 1. The van der Waals surface area contributed by atoms with Crippen molar-refractivity contribution in [2.75, 3.05) is 13.1 Å². The smallest absolute Gasteiger partial charge is 0.223 e. The lowest BCUT2D eigenvalue weighted by atomic mass is 10.0.